The van der Waals surface area contributed by atoms with Gasteiger partial charge in [-0.2, -0.15) is 0 Å². The lowest BCUT2D eigenvalue weighted by atomic mass is 10.4. The third kappa shape index (κ3) is 2.48. The first-order chi connectivity index (χ1) is 4.59. The minimum Gasteiger partial charge on any atom is -0.474 e. The van der Waals surface area contributed by atoms with Gasteiger partial charge in [-0.05, 0) is 6.42 Å². The van der Waals surface area contributed by atoms with Crippen LogP contribution in [0.2, 0.25) is 0 Å². The lowest BCUT2D eigenvalue weighted by Gasteiger charge is -2.11. The first kappa shape index (κ1) is 8.94. The lowest BCUT2D eigenvalue weighted by molar-refractivity contribution is -0.155. The Morgan fingerprint density at radius 3 is 2.30 bits per heavy atom. The summed E-state index contributed by atoms with van der Waals surface area (Å²) in [4.78, 5) is 21.8. The predicted octanol–water partition coefficient (Wildman–Crippen LogP) is -0.0606. The molecule has 0 aromatic carbocycles. The van der Waals surface area contributed by atoms with E-state index < -0.39 is 11.9 Å². The summed E-state index contributed by atoms with van der Waals surface area (Å²) in [5.74, 6) is -2.24. The van der Waals surface area contributed by atoms with E-state index in [0.29, 0.717) is 6.54 Å². The number of likely N-dealkylation sites (N-methyl/N-ethyl adjacent to an activating group) is 1. The molecule has 0 unspecified atom stereocenters. The second kappa shape index (κ2) is 3.87. The van der Waals surface area contributed by atoms with Gasteiger partial charge in [0.25, 0.3) is 0 Å². The van der Waals surface area contributed by atoms with Crippen molar-refractivity contribution in [3.8, 4) is 0 Å². The van der Waals surface area contributed by atoms with Gasteiger partial charge in [-0.3, -0.25) is 4.79 Å². The summed E-state index contributed by atoms with van der Waals surface area (Å²) < 4.78 is 0. The fourth-order valence-electron chi connectivity index (χ4n) is 0.600. The molecule has 0 radical (unpaired) electrons. The molecule has 0 aliphatic carbocycles. The number of carbonyl (C=O) groups is 2. The highest BCUT2D eigenvalue weighted by atomic mass is 16.4. The van der Waals surface area contributed by atoms with Crippen LogP contribution in [0, 0.1) is 0 Å². The summed E-state index contributed by atoms with van der Waals surface area (Å²) in [7, 11) is 1.47. The Hall–Kier alpha value is -1.06. The van der Waals surface area contributed by atoms with Crippen LogP contribution in [0.4, 0.5) is 0 Å². The van der Waals surface area contributed by atoms with Gasteiger partial charge in [-0.1, -0.05) is 6.92 Å². The molecule has 0 atom stereocenters. The van der Waals surface area contributed by atoms with E-state index in [1.165, 1.54) is 11.9 Å². The third-order valence-electron chi connectivity index (χ3n) is 1.09. The molecule has 0 bridgehead atoms. The number of hydrogen-bond acceptors (Lipinski definition) is 2. The van der Waals surface area contributed by atoms with E-state index in [9.17, 15) is 9.59 Å². The molecule has 4 nitrogen and oxygen atoms in total. The topological polar surface area (TPSA) is 57.6 Å². The van der Waals surface area contributed by atoms with Crippen LogP contribution in [0.15, 0.2) is 0 Å². The molecular formula is C6H11NO3. The van der Waals surface area contributed by atoms with Crippen molar-refractivity contribution in [2.24, 2.45) is 0 Å². The Balaban J connectivity index is 3.82. The predicted molar refractivity (Wildman–Crippen MR) is 35.6 cm³/mol. The van der Waals surface area contributed by atoms with E-state index >= 15 is 0 Å². The van der Waals surface area contributed by atoms with Crippen molar-refractivity contribution in [2.45, 2.75) is 13.3 Å². The van der Waals surface area contributed by atoms with Gasteiger partial charge in [0, 0.05) is 13.6 Å². The lowest BCUT2D eigenvalue weighted by Crippen LogP contribution is -2.33. The number of carbonyl (C=O) groups excluding carboxylic acids is 1. The van der Waals surface area contributed by atoms with E-state index in [1.54, 1.807) is 0 Å². The average molecular weight is 145 g/mol. The van der Waals surface area contributed by atoms with Crippen LogP contribution in [-0.2, 0) is 9.59 Å². The number of carboxylic acid groups (broad SMARTS) is 1. The van der Waals surface area contributed by atoms with Gasteiger partial charge in [0.1, 0.15) is 0 Å². The molecule has 0 fully saturated rings. The second-order valence-electron chi connectivity index (χ2n) is 2.03. The van der Waals surface area contributed by atoms with Crippen molar-refractivity contribution >= 4 is 11.9 Å². The summed E-state index contributed by atoms with van der Waals surface area (Å²) in [6.07, 6.45) is 0.773. The molecule has 1 amide bonds. The molecule has 0 aromatic heterocycles. The fourth-order valence-corrected chi connectivity index (χ4v) is 0.600. The average Bonchev–Trinajstić information content (AvgIpc) is 1.87. The summed E-state index contributed by atoms with van der Waals surface area (Å²) in [5.41, 5.74) is 0. The molecule has 0 aromatic rings. The Labute approximate surface area is 59.4 Å². The highest BCUT2D eigenvalue weighted by Gasteiger charge is 2.15. The van der Waals surface area contributed by atoms with Crippen molar-refractivity contribution in [3.63, 3.8) is 0 Å². The summed E-state index contributed by atoms with van der Waals surface area (Å²) in [5, 5.41) is 8.19. The number of amides is 1. The van der Waals surface area contributed by atoms with Crippen molar-refractivity contribution in [2.75, 3.05) is 13.6 Å². The Morgan fingerprint density at radius 2 is 2.00 bits per heavy atom. The Kier molecular flexibility index (Phi) is 3.46. The Bertz CT molecular complexity index is 144. The quantitative estimate of drug-likeness (QED) is 0.554. The van der Waals surface area contributed by atoms with E-state index in [0.717, 1.165) is 6.42 Å². The molecule has 0 heterocycles. The van der Waals surface area contributed by atoms with Crippen molar-refractivity contribution in [1.29, 1.82) is 0 Å². The number of hydrogen-bond donors (Lipinski definition) is 1. The van der Waals surface area contributed by atoms with Crippen LogP contribution in [0.3, 0.4) is 0 Å². The monoisotopic (exact) mass is 145 g/mol. The standard InChI is InChI=1S/C6H11NO3/c1-3-4-7(2)5(8)6(9)10/h3-4H2,1-2H3,(H,9,10). The van der Waals surface area contributed by atoms with Gasteiger partial charge in [0.15, 0.2) is 0 Å². The zero-order valence-electron chi connectivity index (χ0n) is 6.13. The van der Waals surface area contributed by atoms with Gasteiger partial charge < -0.3 is 10.0 Å². The fraction of sp³-hybridized carbons (Fsp3) is 0.667. The molecule has 10 heavy (non-hydrogen) atoms. The van der Waals surface area contributed by atoms with Crippen LogP contribution in [-0.4, -0.2) is 35.5 Å². The SMILES string of the molecule is CCCN(C)C(=O)C(=O)O. The van der Waals surface area contributed by atoms with Crippen LogP contribution < -0.4 is 0 Å². The first-order valence-corrected chi connectivity index (χ1v) is 3.08. The molecule has 1 N–H and O–H groups in total. The van der Waals surface area contributed by atoms with E-state index in [2.05, 4.69) is 0 Å². The van der Waals surface area contributed by atoms with E-state index in [1.807, 2.05) is 6.92 Å². The molecule has 58 valence electrons. The first-order valence-electron chi connectivity index (χ1n) is 3.08. The summed E-state index contributed by atoms with van der Waals surface area (Å²) in [6.45, 7) is 2.37. The van der Waals surface area contributed by atoms with Crippen molar-refractivity contribution < 1.29 is 14.7 Å². The zero-order chi connectivity index (χ0) is 8.15. The number of aliphatic carboxylic acids is 1. The van der Waals surface area contributed by atoms with Gasteiger partial charge in [-0.25, -0.2) is 4.79 Å². The summed E-state index contributed by atoms with van der Waals surface area (Å²) in [6, 6.07) is 0. The highest BCUT2D eigenvalue weighted by Crippen LogP contribution is 1.86. The van der Waals surface area contributed by atoms with E-state index in [4.69, 9.17) is 5.11 Å². The molecule has 4 heteroatoms. The number of rotatable bonds is 2. The zero-order valence-corrected chi connectivity index (χ0v) is 6.13. The second-order valence-corrected chi connectivity index (χ2v) is 2.03. The maximum atomic E-state index is 10.6. The molecule has 0 saturated heterocycles. The normalized spacial score (nSPS) is 9.00. The smallest absolute Gasteiger partial charge is 0.394 e. The molecule has 0 spiro atoms. The molecule has 0 aliphatic rings. The third-order valence-corrected chi connectivity index (χ3v) is 1.09. The van der Waals surface area contributed by atoms with Crippen LogP contribution in [0.25, 0.3) is 0 Å². The van der Waals surface area contributed by atoms with E-state index in [-0.39, 0.29) is 0 Å². The van der Waals surface area contributed by atoms with Crippen LogP contribution in [0.5, 0.6) is 0 Å². The maximum Gasteiger partial charge on any atom is 0.394 e. The van der Waals surface area contributed by atoms with Gasteiger partial charge in [0.2, 0.25) is 0 Å². The molecular weight excluding hydrogens is 134 g/mol. The number of carboxylic acids is 1. The van der Waals surface area contributed by atoms with Gasteiger partial charge >= 0.3 is 11.9 Å². The Morgan fingerprint density at radius 1 is 1.50 bits per heavy atom. The minimum absolute atomic E-state index is 0.491. The molecule has 0 rings (SSSR count). The van der Waals surface area contributed by atoms with Gasteiger partial charge in [-0.15, -0.1) is 0 Å². The van der Waals surface area contributed by atoms with Crippen LogP contribution in [0.1, 0.15) is 13.3 Å². The number of nitrogens with zero attached hydrogens (tertiary/aromatic N) is 1. The molecule has 0 saturated carbocycles. The maximum absolute atomic E-state index is 10.6. The minimum atomic E-state index is -1.39. The summed E-state index contributed by atoms with van der Waals surface area (Å²) >= 11 is 0. The van der Waals surface area contributed by atoms with Gasteiger partial charge in [0.05, 0.1) is 0 Å². The largest absolute Gasteiger partial charge is 0.474 e. The van der Waals surface area contributed by atoms with Crippen molar-refractivity contribution in [3.05, 3.63) is 0 Å². The van der Waals surface area contributed by atoms with Crippen molar-refractivity contribution in [1.82, 2.24) is 4.90 Å². The molecule has 0 aliphatic heterocycles. The highest BCUT2D eigenvalue weighted by molar-refractivity contribution is 6.31. The van der Waals surface area contributed by atoms with Crippen LogP contribution >= 0.6 is 0 Å².